The second-order valence-electron chi connectivity index (χ2n) is 11.7. The highest BCUT2D eigenvalue weighted by Gasteiger charge is 2.54. The van der Waals surface area contributed by atoms with Crippen LogP contribution in [0.15, 0.2) is 0 Å². The van der Waals surface area contributed by atoms with E-state index >= 15 is 0 Å². The van der Waals surface area contributed by atoms with E-state index in [0.717, 1.165) is 25.8 Å². The van der Waals surface area contributed by atoms with E-state index in [-0.39, 0.29) is 51.6 Å². The minimum Gasteiger partial charge on any atom is -0.504 e. The van der Waals surface area contributed by atoms with Gasteiger partial charge in [0.05, 0.1) is 19.3 Å². The molecule has 1 aromatic carbocycles. The van der Waals surface area contributed by atoms with Crippen LogP contribution in [0.4, 0.5) is 0 Å². The quantitative estimate of drug-likeness (QED) is 0.387. The van der Waals surface area contributed by atoms with Crippen molar-refractivity contribution >= 4 is 5.97 Å². The number of likely N-dealkylation sites (tertiary alicyclic amines) is 1. The number of aliphatic hydroxyl groups excluding tert-OH is 3. The molecule has 10 nitrogen and oxygen atoms in total. The topological polar surface area (TPSA) is 149 Å². The molecule has 194 valence electrons. The van der Waals surface area contributed by atoms with Crippen LogP contribution in [0.2, 0.25) is 0 Å². The fraction of sp³-hybridized carbons (Fsp3) is 0.720. The molecule has 0 amide bonds. The molecule has 5 rings (SSSR count). The van der Waals surface area contributed by atoms with Crippen LogP contribution >= 0.6 is 0 Å². The van der Waals surface area contributed by atoms with Crippen LogP contribution in [-0.2, 0) is 16.0 Å². The van der Waals surface area contributed by atoms with E-state index in [1.807, 2.05) is 0 Å². The first-order valence-electron chi connectivity index (χ1n) is 12.1. The zero-order valence-electron chi connectivity index (χ0n) is 20.5. The number of phenols is 2. The second-order valence-corrected chi connectivity index (χ2v) is 11.7. The lowest BCUT2D eigenvalue weighted by Gasteiger charge is -2.45. The Kier molecular flexibility index (Phi) is 5.76. The van der Waals surface area contributed by atoms with Crippen LogP contribution in [0.25, 0.3) is 0 Å². The number of methoxy groups -OCH3 is 1. The van der Waals surface area contributed by atoms with Crippen molar-refractivity contribution in [1.82, 2.24) is 4.90 Å². The first-order chi connectivity index (χ1) is 16.4. The molecular weight excluding hydrogens is 458 g/mol. The summed E-state index contributed by atoms with van der Waals surface area (Å²) in [7, 11) is 1.30. The number of benzene rings is 1. The molecule has 2 bridgehead atoms. The number of hydrogen-bond acceptors (Lipinski definition) is 10. The van der Waals surface area contributed by atoms with Crippen LogP contribution in [0, 0.1) is 10.8 Å². The van der Waals surface area contributed by atoms with Gasteiger partial charge >= 0.3 is 5.97 Å². The van der Waals surface area contributed by atoms with Crippen molar-refractivity contribution in [3.05, 3.63) is 16.7 Å². The Morgan fingerprint density at radius 2 is 1.83 bits per heavy atom. The van der Waals surface area contributed by atoms with Gasteiger partial charge in [0.1, 0.15) is 24.4 Å². The summed E-state index contributed by atoms with van der Waals surface area (Å²) in [6, 6.07) is 0.271. The fourth-order valence-electron chi connectivity index (χ4n) is 7.23. The predicted octanol–water partition coefficient (Wildman–Crippen LogP) is 1.20. The monoisotopic (exact) mass is 493 g/mol. The molecule has 0 unspecified atom stereocenters. The molecule has 0 radical (unpaired) electrons. The highest BCUT2D eigenvalue weighted by Crippen LogP contribution is 2.55. The number of hydrogen-bond donors (Lipinski definition) is 5. The molecule has 35 heavy (non-hydrogen) atoms. The van der Waals surface area contributed by atoms with Crippen molar-refractivity contribution in [2.75, 3.05) is 20.3 Å². The Morgan fingerprint density at radius 3 is 2.49 bits per heavy atom. The third kappa shape index (κ3) is 3.77. The van der Waals surface area contributed by atoms with E-state index in [1.54, 1.807) is 0 Å². The number of fused-ring (bicyclic) bond motifs is 5. The van der Waals surface area contributed by atoms with E-state index in [1.165, 1.54) is 7.11 Å². The summed E-state index contributed by atoms with van der Waals surface area (Å²) in [6.07, 6.45) is -3.55. The minimum atomic E-state index is -1.54. The van der Waals surface area contributed by atoms with Crippen LogP contribution in [0.5, 0.6) is 17.2 Å². The van der Waals surface area contributed by atoms with Crippen molar-refractivity contribution in [1.29, 1.82) is 0 Å². The molecule has 5 N–H and O–H groups in total. The van der Waals surface area contributed by atoms with Gasteiger partial charge in [-0.15, -0.1) is 0 Å². The maximum atomic E-state index is 13.2. The molecule has 4 aliphatic rings. The van der Waals surface area contributed by atoms with Crippen LogP contribution in [0.1, 0.15) is 67.6 Å². The molecule has 1 saturated carbocycles. The van der Waals surface area contributed by atoms with Gasteiger partial charge in [-0.1, -0.05) is 20.8 Å². The fourth-order valence-corrected chi connectivity index (χ4v) is 7.23. The maximum absolute atomic E-state index is 13.2. The zero-order valence-corrected chi connectivity index (χ0v) is 20.5. The first kappa shape index (κ1) is 24.6. The standard InChI is InChI=1S/C25H35NO9/c1-24(2)5-11-6-25(3,9-24)10-26(11)7-12-14-15(18(30)21(33-4)16(12)28)20-22(35-23(14)32)19(31)17(29)13(8-27)34-20/h11,13,17,19-20,22,27-31H,5-10H2,1-4H3/t11-,13-,17-,19+,20+,22+,25+/m1/s1. The largest absolute Gasteiger partial charge is 0.504 e. The summed E-state index contributed by atoms with van der Waals surface area (Å²) in [5.41, 5.74) is 0.549. The molecule has 1 aromatic rings. The molecule has 3 aliphatic heterocycles. The molecule has 3 fully saturated rings. The summed E-state index contributed by atoms with van der Waals surface area (Å²) in [6.45, 7) is 7.25. The number of carbonyl (C=O) groups is 1. The lowest BCUT2D eigenvalue weighted by molar-refractivity contribution is -0.235. The van der Waals surface area contributed by atoms with Gasteiger partial charge in [-0.2, -0.15) is 0 Å². The minimum absolute atomic E-state index is 0.0222. The Balaban J connectivity index is 1.60. The lowest BCUT2D eigenvalue weighted by atomic mass is 9.65. The summed E-state index contributed by atoms with van der Waals surface area (Å²) < 4.78 is 16.6. The van der Waals surface area contributed by atoms with Gasteiger partial charge in [0.2, 0.25) is 5.75 Å². The normalized spacial score (nSPS) is 38.0. The molecule has 2 saturated heterocycles. The van der Waals surface area contributed by atoms with Gasteiger partial charge in [-0.3, -0.25) is 4.90 Å². The van der Waals surface area contributed by atoms with E-state index in [2.05, 4.69) is 25.7 Å². The van der Waals surface area contributed by atoms with Gasteiger partial charge in [-0.25, -0.2) is 4.79 Å². The highest BCUT2D eigenvalue weighted by molar-refractivity contribution is 5.97. The number of aromatic hydroxyl groups is 2. The molecule has 1 aliphatic carbocycles. The van der Waals surface area contributed by atoms with Gasteiger partial charge in [0, 0.05) is 30.3 Å². The van der Waals surface area contributed by atoms with Crippen molar-refractivity contribution < 1.29 is 44.5 Å². The number of rotatable bonds is 4. The smallest absolute Gasteiger partial charge is 0.339 e. The summed E-state index contributed by atoms with van der Waals surface area (Å²) in [4.78, 5) is 15.5. The van der Waals surface area contributed by atoms with E-state index in [9.17, 15) is 30.3 Å². The Morgan fingerprint density at radius 1 is 1.11 bits per heavy atom. The van der Waals surface area contributed by atoms with Crippen LogP contribution in [-0.4, -0.2) is 87.1 Å². The maximum Gasteiger partial charge on any atom is 0.339 e. The first-order valence-corrected chi connectivity index (χ1v) is 12.1. The lowest BCUT2D eigenvalue weighted by Crippen LogP contribution is -2.58. The Labute approximate surface area is 204 Å². The van der Waals surface area contributed by atoms with Gasteiger partial charge in [0.25, 0.3) is 0 Å². The summed E-state index contributed by atoms with van der Waals surface area (Å²) >= 11 is 0. The third-order valence-corrected chi connectivity index (χ3v) is 8.23. The number of esters is 1. The SMILES string of the molecule is COc1c(O)c(CN2C[C@@]3(C)C[C@H]2CC(C)(C)C3)c2c(c1O)[C@@H]1O[C@H](CO)[C@@H](O)[C@H](O)[C@@H]1OC2=O. The van der Waals surface area contributed by atoms with Gasteiger partial charge in [0.15, 0.2) is 17.6 Å². The average molecular weight is 494 g/mol. The zero-order chi connectivity index (χ0) is 25.4. The Bertz CT molecular complexity index is 1040. The van der Waals surface area contributed by atoms with Crippen LogP contribution < -0.4 is 4.74 Å². The second kappa shape index (κ2) is 8.21. The van der Waals surface area contributed by atoms with E-state index in [4.69, 9.17) is 14.2 Å². The molecule has 7 atom stereocenters. The Hall–Kier alpha value is -2.11. The molecular formula is C25H35NO9. The van der Waals surface area contributed by atoms with Crippen molar-refractivity contribution in [2.45, 2.75) is 83.1 Å². The van der Waals surface area contributed by atoms with E-state index in [0.29, 0.717) is 0 Å². The number of phenolic OH excluding ortho intramolecular Hbond substituents is 2. The molecule has 10 heteroatoms. The molecule has 3 heterocycles. The molecule has 0 aromatic heterocycles. The predicted molar refractivity (Wildman–Crippen MR) is 122 cm³/mol. The number of carbonyl (C=O) groups excluding carboxylic acids is 1. The van der Waals surface area contributed by atoms with Gasteiger partial charge < -0.3 is 39.7 Å². The van der Waals surface area contributed by atoms with Gasteiger partial charge in [-0.05, 0) is 30.1 Å². The van der Waals surface area contributed by atoms with E-state index < -0.39 is 48.8 Å². The summed E-state index contributed by atoms with van der Waals surface area (Å²) in [5.74, 6) is -1.88. The number of aliphatic hydroxyl groups is 3. The molecule has 0 spiro atoms. The van der Waals surface area contributed by atoms with Crippen LogP contribution in [0.3, 0.4) is 0 Å². The third-order valence-electron chi connectivity index (χ3n) is 8.23. The summed E-state index contributed by atoms with van der Waals surface area (Å²) in [5, 5.41) is 52.6. The van der Waals surface area contributed by atoms with Crippen molar-refractivity contribution in [3.8, 4) is 17.2 Å². The average Bonchev–Trinajstić information content (AvgIpc) is 3.01. The number of nitrogens with zero attached hydrogens (tertiary/aromatic N) is 1. The number of ether oxygens (including phenoxy) is 3. The highest BCUT2D eigenvalue weighted by atomic mass is 16.6. The van der Waals surface area contributed by atoms with Crippen molar-refractivity contribution in [2.24, 2.45) is 10.8 Å². The van der Waals surface area contributed by atoms with Crippen molar-refractivity contribution in [3.63, 3.8) is 0 Å².